The van der Waals surface area contributed by atoms with Gasteiger partial charge in [0.2, 0.25) is 0 Å². The van der Waals surface area contributed by atoms with Crippen molar-refractivity contribution in [1.82, 2.24) is 9.97 Å². The summed E-state index contributed by atoms with van der Waals surface area (Å²) in [5, 5.41) is 6.69. The molecule has 1 aromatic heterocycles. The zero-order valence-electron chi connectivity index (χ0n) is 12.1. The van der Waals surface area contributed by atoms with Crippen molar-refractivity contribution in [2.45, 2.75) is 39.2 Å². The van der Waals surface area contributed by atoms with Gasteiger partial charge in [0.15, 0.2) is 0 Å². The maximum absolute atomic E-state index is 5.42. The molecule has 1 fully saturated rings. The van der Waals surface area contributed by atoms with Gasteiger partial charge >= 0.3 is 0 Å². The van der Waals surface area contributed by atoms with Crippen molar-refractivity contribution >= 4 is 11.6 Å². The van der Waals surface area contributed by atoms with E-state index in [1.807, 2.05) is 7.05 Å². The van der Waals surface area contributed by atoms with E-state index in [9.17, 15) is 0 Å². The first-order valence-corrected chi connectivity index (χ1v) is 7.12. The second-order valence-corrected chi connectivity index (χ2v) is 5.04. The van der Waals surface area contributed by atoms with Gasteiger partial charge in [0.1, 0.15) is 18.0 Å². The number of hydrogen-bond acceptors (Lipinski definition) is 5. The van der Waals surface area contributed by atoms with Crippen LogP contribution < -0.4 is 10.6 Å². The molecular weight excluding hydrogens is 240 g/mol. The molecule has 106 valence electrons. The second kappa shape index (κ2) is 6.70. The van der Waals surface area contributed by atoms with E-state index in [0.29, 0.717) is 12.0 Å². The summed E-state index contributed by atoms with van der Waals surface area (Å²) in [6, 6.07) is 0.411. The monoisotopic (exact) mass is 264 g/mol. The third-order valence-electron chi connectivity index (χ3n) is 3.87. The number of rotatable bonds is 5. The highest BCUT2D eigenvalue weighted by molar-refractivity contribution is 5.57. The maximum Gasteiger partial charge on any atom is 0.134 e. The minimum absolute atomic E-state index is 0.411. The Morgan fingerprint density at radius 1 is 1.32 bits per heavy atom. The highest BCUT2D eigenvalue weighted by atomic mass is 16.5. The number of nitrogens with zero attached hydrogens (tertiary/aromatic N) is 2. The number of anilines is 2. The Balaban J connectivity index is 2.09. The molecule has 0 radical (unpaired) electrons. The Kier molecular flexibility index (Phi) is 4.96. The molecule has 1 aliphatic rings. The second-order valence-electron chi connectivity index (χ2n) is 5.04. The molecule has 1 unspecified atom stereocenters. The van der Waals surface area contributed by atoms with Gasteiger partial charge < -0.3 is 15.4 Å². The predicted octanol–water partition coefficient (Wildman–Crippen LogP) is 2.31. The van der Waals surface area contributed by atoms with Crippen molar-refractivity contribution in [3.05, 3.63) is 11.9 Å². The minimum Gasteiger partial charge on any atom is -0.381 e. The van der Waals surface area contributed by atoms with Crippen LogP contribution in [-0.4, -0.2) is 36.3 Å². The summed E-state index contributed by atoms with van der Waals surface area (Å²) in [7, 11) is 1.90. The SMILES string of the molecule is CCc1c(NC)ncnc1NC(C)C1CCOCC1. The zero-order valence-corrected chi connectivity index (χ0v) is 12.1. The van der Waals surface area contributed by atoms with Crippen LogP contribution in [0.2, 0.25) is 0 Å². The van der Waals surface area contributed by atoms with Crippen molar-refractivity contribution in [1.29, 1.82) is 0 Å². The van der Waals surface area contributed by atoms with Crippen LogP contribution in [0.25, 0.3) is 0 Å². The maximum atomic E-state index is 5.42. The fraction of sp³-hybridized carbons (Fsp3) is 0.714. The van der Waals surface area contributed by atoms with Gasteiger partial charge in [0.05, 0.1) is 0 Å². The van der Waals surface area contributed by atoms with E-state index in [4.69, 9.17) is 4.74 Å². The molecule has 2 rings (SSSR count). The number of aromatic nitrogens is 2. The molecule has 2 heterocycles. The topological polar surface area (TPSA) is 59.1 Å². The molecular formula is C14H24N4O. The predicted molar refractivity (Wildman–Crippen MR) is 77.6 cm³/mol. The van der Waals surface area contributed by atoms with Crippen molar-refractivity contribution in [3.63, 3.8) is 0 Å². The van der Waals surface area contributed by atoms with Gasteiger partial charge in [-0.25, -0.2) is 9.97 Å². The van der Waals surface area contributed by atoms with Gasteiger partial charge in [-0.15, -0.1) is 0 Å². The van der Waals surface area contributed by atoms with Gasteiger partial charge in [-0.2, -0.15) is 0 Å². The summed E-state index contributed by atoms with van der Waals surface area (Å²) in [5.41, 5.74) is 1.16. The Morgan fingerprint density at radius 2 is 2.00 bits per heavy atom. The van der Waals surface area contributed by atoms with Gasteiger partial charge in [0.25, 0.3) is 0 Å². The summed E-state index contributed by atoms with van der Waals surface area (Å²) in [6.07, 6.45) is 4.78. The Hall–Kier alpha value is -1.36. The van der Waals surface area contributed by atoms with Crippen LogP contribution in [0.4, 0.5) is 11.6 Å². The lowest BCUT2D eigenvalue weighted by molar-refractivity contribution is 0.0622. The number of hydrogen-bond donors (Lipinski definition) is 2. The standard InChI is InChI=1S/C14H24N4O/c1-4-12-13(15-3)16-9-17-14(12)18-10(2)11-5-7-19-8-6-11/h9-11H,4-8H2,1-3H3,(H2,15,16,17,18). The summed E-state index contributed by atoms with van der Waals surface area (Å²) < 4.78 is 5.42. The van der Waals surface area contributed by atoms with Crippen molar-refractivity contribution < 1.29 is 4.74 Å². The van der Waals surface area contributed by atoms with E-state index in [1.54, 1.807) is 6.33 Å². The van der Waals surface area contributed by atoms with Gasteiger partial charge in [-0.3, -0.25) is 0 Å². The molecule has 0 aromatic carbocycles. The number of nitrogens with one attached hydrogen (secondary N) is 2. The molecule has 1 saturated heterocycles. The Bertz CT molecular complexity index is 404. The van der Waals surface area contributed by atoms with Crippen LogP contribution in [0.5, 0.6) is 0 Å². The van der Waals surface area contributed by atoms with Crippen molar-refractivity contribution in [2.24, 2.45) is 5.92 Å². The van der Waals surface area contributed by atoms with E-state index < -0.39 is 0 Å². The summed E-state index contributed by atoms with van der Waals surface area (Å²) in [5.74, 6) is 2.53. The molecule has 19 heavy (non-hydrogen) atoms. The molecule has 0 aliphatic carbocycles. The lowest BCUT2D eigenvalue weighted by Crippen LogP contribution is -2.31. The zero-order chi connectivity index (χ0) is 13.7. The summed E-state index contributed by atoms with van der Waals surface area (Å²) in [6.45, 7) is 6.12. The lowest BCUT2D eigenvalue weighted by atomic mass is 9.93. The first-order valence-electron chi connectivity index (χ1n) is 7.12. The van der Waals surface area contributed by atoms with E-state index in [0.717, 1.165) is 49.7 Å². The molecule has 0 saturated carbocycles. The summed E-state index contributed by atoms with van der Waals surface area (Å²) in [4.78, 5) is 8.67. The van der Waals surface area contributed by atoms with Gasteiger partial charge in [-0.05, 0) is 32.1 Å². The van der Waals surface area contributed by atoms with E-state index in [2.05, 4.69) is 34.4 Å². The third-order valence-corrected chi connectivity index (χ3v) is 3.87. The average Bonchev–Trinajstić information content (AvgIpc) is 2.47. The Morgan fingerprint density at radius 3 is 2.63 bits per heavy atom. The largest absolute Gasteiger partial charge is 0.381 e. The highest BCUT2D eigenvalue weighted by Gasteiger charge is 2.21. The normalized spacial score (nSPS) is 18.1. The first-order chi connectivity index (χ1) is 9.26. The smallest absolute Gasteiger partial charge is 0.134 e. The lowest BCUT2D eigenvalue weighted by Gasteiger charge is -2.29. The first kappa shape index (κ1) is 14.1. The van der Waals surface area contributed by atoms with E-state index >= 15 is 0 Å². The molecule has 0 bridgehead atoms. The average molecular weight is 264 g/mol. The van der Waals surface area contributed by atoms with Crippen molar-refractivity contribution in [3.8, 4) is 0 Å². The number of ether oxygens (including phenoxy) is 1. The highest BCUT2D eigenvalue weighted by Crippen LogP contribution is 2.25. The molecule has 0 spiro atoms. The summed E-state index contributed by atoms with van der Waals surface area (Å²) >= 11 is 0. The van der Waals surface area contributed by atoms with Gasteiger partial charge in [-0.1, -0.05) is 6.92 Å². The molecule has 5 heteroatoms. The molecule has 1 atom stereocenters. The molecule has 0 amide bonds. The molecule has 1 aromatic rings. The van der Waals surface area contributed by atoms with E-state index in [-0.39, 0.29) is 0 Å². The fourth-order valence-electron chi connectivity index (χ4n) is 2.64. The molecule has 1 aliphatic heterocycles. The van der Waals surface area contributed by atoms with Crippen LogP contribution in [-0.2, 0) is 11.2 Å². The fourth-order valence-corrected chi connectivity index (χ4v) is 2.64. The molecule has 2 N–H and O–H groups in total. The minimum atomic E-state index is 0.411. The van der Waals surface area contributed by atoms with Crippen LogP contribution in [0, 0.1) is 5.92 Å². The van der Waals surface area contributed by atoms with Crippen LogP contribution in [0.3, 0.4) is 0 Å². The van der Waals surface area contributed by atoms with Crippen molar-refractivity contribution in [2.75, 3.05) is 30.9 Å². The Labute approximate surface area is 115 Å². The van der Waals surface area contributed by atoms with Crippen LogP contribution in [0.1, 0.15) is 32.3 Å². The third kappa shape index (κ3) is 3.35. The van der Waals surface area contributed by atoms with E-state index in [1.165, 1.54) is 0 Å². The van der Waals surface area contributed by atoms with Crippen LogP contribution in [0.15, 0.2) is 6.33 Å². The van der Waals surface area contributed by atoms with Crippen LogP contribution >= 0.6 is 0 Å². The quantitative estimate of drug-likeness (QED) is 0.854. The van der Waals surface area contributed by atoms with Gasteiger partial charge in [0, 0.05) is 31.9 Å². The molecule has 5 nitrogen and oxygen atoms in total.